The molecule has 1 aliphatic rings. The molecule has 0 radical (unpaired) electrons. The van der Waals surface area contributed by atoms with Crippen LogP contribution in [0.2, 0.25) is 0 Å². The quantitative estimate of drug-likeness (QED) is 0.806. The van der Waals surface area contributed by atoms with Gasteiger partial charge in [0.2, 0.25) is 0 Å². The summed E-state index contributed by atoms with van der Waals surface area (Å²) in [6, 6.07) is 14.0. The number of rotatable bonds is 4. The Morgan fingerprint density at radius 1 is 1.17 bits per heavy atom. The average molecular weight is 304 g/mol. The molecule has 0 spiro atoms. The van der Waals surface area contributed by atoms with Crippen LogP contribution in [0.5, 0.6) is 0 Å². The van der Waals surface area contributed by atoms with Crippen LogP contribution in [0.3, 0.4) is 0 Å². The van der Waals surface area contributed by atoms with Crippen LogP contribution in [0.4, 0.5) is 0 Å². The number of carbonyl (C=O) groups is 1. The first-order valence-electron chi connectivity index (χ1n) is 7.61. The first kappa shape index (κ1) is 13.7. The molecule has 1 aromatic carbocycles. The molecule has 0 unspecified atom stereocenters. The molecule has 3 aromatic rings. The Kier molecular flexibility index (Phi) is 3.38. The summed E-state index contributed by atoms with van der Waals surface area (Å²) in [5, 5.41) is 3.10. The van der Waals surface area contributed by atoms with Gasteiger partial charge in [0, 0.05) is 36.1 Å². The van der Waals surface area contributed by atoms with Crippen molar-refractivity contribution in [2.75, 3.05) is 0 Å². The Bertz CT molecular complexity index is 814. The van der Waals surface area contributed by atoms with E-state index in [9.17, 15) is 4.79 Å². The number of pyridine rings is 1. The number of hydrogen-bond donors (Lipinski definition) is 1. The Hall–Kier alpha value is -2.95. The van der Waals surface area contributed by atoms with Gasteiger partial charge in [0.15, 0.2) is 0 Å². The monoisotopic (exact) mass is 304 g/mol. The third-order valence-corrected chi connectivity index (χ3v) is 4.11. The number of benzene rings is 1. The number of nitrogens with one attached hydrogen (secondary N) is 1. The zero-order chi connectivity index (χ0) is 15.6. The lowest BCUT2D eigenvalue weighted by molar-refractivity contribution is 0.0950. The lowest BCUT2D eigenvalue weighted by Gasteiger charge is -2.07. The summed E-state index contributed by atoms with van der Waals surface area (Å²) in [6.45, 7) is 0. The smallest absolute Gasteiger partial charge is 0.251 e. The van der Waals surface area contributed by atoms with Crippen molar-refractivity contribution in [3.05, 3.63) is 78.5 Å². The van der Waals surface area contributed by atoms with Crippen molar-refractivity contribution >= 4 is 5.91 Å². The number of carbonyl (C=O) groups excluding carboxylic acids is 1. The SMILES string of the molecule is O=C(N[C@H]1C[C@H]1c1ccccc1)c1ccnc(-n2ccnc2)c1. The highest BCUT2D eigenvalue weighted by Gasteiger charge is 2.39. The lowest BCUT2D eigenvalue weighted by Crippen LogP contribution is -2.26. The van der Waals surface area contributed by atoms with Crippen molar-refractivity contribution in [1.29, 1.82) is 0 Å². The summed E-state index contributed by atoms with van der Waals surface area (Å²) in [4.78, 5) is 20.7. The zero-order valence-corrected chi connectivity index (χ0v) is 12.5. The highest BCUT2D eigenvalue weighted by Crippen LogP contribution is 2.40. The van der Waals surface area contributed by atoms with E-state index >= 15 is 0 Å². The van der Waals surface area contributed by atoms with Gasteiger partial charge in [0.1, 0.15) is 12.1 Å². The number of nitrogens with zero attached hydrogens (tertiary/aromatic N) is 3. The van der Waals surface area contributed by atoms with E-state index in [1.807, 2.05) is 18.2 Å². The van der Waals surface area contributed by atoms with E-state index in [1.54, 1.807) is 41.6 Å². The highest BCUT2D eigenvalue weighted by atomic mass is 16.1. The molecule has 4 rings (SSSR count). The Labute approximate surface area is 134 Å². The third-order valence-electron chi connectivity index (χ3n) is 4.11. The van der Waals surface area contributed by atoms with Crippen molar-refractivity contribution in [2.45, 2.75) is 18.4 Å². The summed E-state index contributed by atoms with van der Waals surface area (Å²) in [5.41, 5.74) is 1.90. The number of imidazole rings is 1. The fraction of sp³-hybridized carbons (Fsp3) is 0.167. The van der Waals surface area contributed by atoms with Crippen LogP contribution in [-0.4, -0.2) is 26.5 Å². The van der Waals surface area contributed by atoms with E-state index in [-0.39, 0.29) is 11.9 Å². The normalized spacial score (nSPS) is 19.3. The van der Waals surface area contributed by atoms with E-state index in [4.69, 9.17) is 0 Å². The van der Waals surface area contributed by atoms with E-state index in [0.29, 0.717) is 17.3 Å². The fourth-order valence-electron chi connectivity index (χ4n) is 2.77. The molecule has 1 saturated carbocycles. The van der Waals surface area contributed by atoms with E-state index in [2.05, 4.69) is 27.4 Å². The molecule has 5 heteroatoms. The second-order valence-corrected chi connectivity index (χ2v) is 5.71. The average Bonchev–Trinajstić information content (AvgIpc) is 3.14. The lowest BCUT2D eigenvalue weighted by atomic mass is 10.1. The molecule has 114 valence electrons. The molecule has 1 amide bonds. The van der Waals surface area contributed by atoms with Gasteiger partial charge in [0.05, 0.1) is 0 Å². The maximum atomic E-state index is 12.4. The summed E-state index contributed by atoms with van der Waals surface area (Å²) >= 11 is 0. The molecule has 2 aromatic heterocycles. The van der Waals surface area contributed by atoms with Crippen molar-refractivity contribution in [2.24, 2.45) is 0 Å². The highest BCUT2D eigenvalue weighted by molar-refractivity contribution is 5.95. The van der Waals surface area contributed by atoms with Gasteiger partial charge in [0.25, 0.3) is 5.91 Å². The van der Waals surface area contributed by atoms with Crippen molar-refractivity contribution in [3.8, 4) is 5.82 Å². The molecule has 1 fully saturated rings. The third kappa shape index (κ3) is 2.85. The van der Waals surface area contributed by atoms with Crippen LogP contribution in [-0.2, 0) is 0 Å². The molecule has 23 heavy (non-hydrogen) atoms. The maximum absolute atomic E-state index is 12.4. The zero-order valence-electron chi connectivity index (χ0n) is 12.5. The Balaban J connectivity index is 1.45. The first-order chi connectivity index (χ1) is 11.3. The molecular weight excluding hydrogens is 288 g/mol. The van der Waals surface area contributed by atoms with Gasteiger partial charge in [-0.15, -0.1) is 0 Å². The van der Waals surface area contributed by atoms with E-state index in [1.165, 1.54) is 5.56 Å². The second-order valence-electron chi connectivity index (χ2n) is 5.71. The Morgan fingerprint density at radius 2 is 2.04 bits per heavy atom. The van der Waals surface area contributed by atoms with Gasteiger partial charge >= 0.3 is 0 Å². The number of hydrogen-bond acceptors (Lipinski definition) is 3. The molecule has 2 atom stereocenters. The van der Waals surface area contributed by atoms with Gasteiger partial charge in [-0.3, -0.25) is 9.36 Å². The van der Waals surface area contributed by atoms with Crippen LogP contribution >= 0.6 is 0 Å². The molecule has 0 bridgehead atoms. The molecule has 0 saturated heterocycles. The summed E-state index contributed by atoms with van der Waals surface area (Å²) in [7, 11) is 0. The van der Waals surface area contributed by atoms with Gasteiger partial charge in [-0.25, -0.2) is 9.97 Å². The van der Waals surface area contributed by atoms with Crippen LogP contribution in [0.25, 0.3) is 5.82 Å². The van der Waals surface area contributed by atoms with E-state index in [0.717, 1.165) is 6.42 Å². The number of aromatic nitrogens is 3. The standard InChI is InChI=1S/C18H16N4O/c23-18(21-16-11-15(16)13-4-2-1-3-5-13)14-6-7-20-17(10-14)22-9-8-19-12-22/h1-10,12,15-16H,11H2,(H,21,23)/t15-,16-/m0/s1. The van der Waals surface area contributed by atoms with Gasteiger partial charge < -0.3 is 5.32 Å². The molecule has 1 N–H and O–H groups in total. The molecule has 1 aliphatic carbocycles. The van der Waals surface area contributed by atoms with Crippen LogP contribution < -0.4 is 5.32 Å². The minimum atomic E-state index is -0.0582. The van der Waals surface area contributed by atoms with Gasteiger partial charge in [-0.05, 0) is 24.1 Å². The van der Waals surface area contributed by atoms with Crippen LogP contribution in [0.15, 0.2) is 67.4 Å². The molecular formula is C18H16N4O. The van der Waals surface area contributed by atoms with Crippen molar-refractivity contribution in [3.63, 3.8) is 0 Å². The van der Waals surface area contributed by atoms with Gasteiger partial charge in [-0.1, -0.05) is 30.3 Å². The predicted octanol–water partition coefficient (Wildman–Crippen LogP) is 2.55. The van der Waals surface area contributed by atoms with Gasteiger partial charge in [-0.2, -0.15) is 0 Å². The number of amides is 1. The molecule has 5 nitrogen and oxygen atoms in total. The second kappa shape index (κ2) is 5.68. The van der Waals surface area contributed by atoms with Crippen molar-refractivity contribution in [1.82, 2.24) is 19.9 Å². The minimum Gasteiger partial charge on any atom is -0.349 e. The van der Waals surface area contributed by atoms with Crippen molar-refractivity contribution < 1.29 is 4.79 Å². The predicted molar refractivity (Wildman–Crippen MR) is 86.4 cm³/mol. The van der Waals surface area contributed by atoms with E-state index < -0.39 is 0 Å². The van der Waals surface area contributed by atoms with Crippen LogP contribution in [0.1, 0.15) is 28.3 Å². The largest absolute Gasteiger partial charge is 0.349 e. The summed E-state index contributed by atoms with van der Waals surface area (Å²) in [6.07, 6.45) is 7.79. The Morgan fingerprint density at radius 3 is 2.83 bits per heavy atom. The minimum absolute atomic E-state index is 0.0582. The topological polar surface area (TPSA) is 59.8 Å². The summed E-state index contributed by atoms with van der Waals surface area (Å²) in [5.74, 6) is 1.05. The first-order valence-corrected chi connectivity index (χ1v) is 7.61. The van der Waals surface area contributed by atoms with Crippen LogP contribution in [0, 0.1) is 0 Å². The summed E-state index contributed by atoms with van der Waals surface area (Å²) < 4.78 is 1.78. The fourth-order valence-corrected chi connectivity index (χ4v) is 2.77. The molecule has 2 heterocycles. The maximum Gasteiger partial charge on any atom is 0.251 e. The molecule has 0 aliphatic heterocycles.